The summed E-state index contributed by atoms with van der Waals surface area (Å²) in [6, 6.07) is 76.0. The zero-order chi connectivity index (χ0) is 78.5. The summed E-state index contributed by atoms with van der Waals surface area (Å²) in [5.41, 5.74) is 8.51. The number of sulfonamides is 1. The first-order chi connectivity index (χ1) is 53.9. The van der Waals surface area contributed by atoms with Gasteiger partial charge < -0.3 is 38.2 Å². The molecule has 0 bridgehead atoms. The van der Waals surface area contributed by atoms with E-state index in [1.165, 1.54) is 31.5 Å². The molecule has 111 heavy (non-hydrogen) atoms. The summed E-state index contributed by atoms with van der Waals surface area (Å²) in [4.78, 5) is 45.5. The number of nitrogens with zero attached hydrogens (tertiary/aromatic N) is 7. The van der Waals surface area contributed by atoms with E-state index in [2.05, 4.69) is 19.9 Å². The van der Waals surface area contributed by atoms with E-state index in [0.717, 1.165) is 44.8 Å². The monoisotopic (exact) mass is 1570 g/mol. The Morgan fingerprint density at radius 2 is 0.775 bits per heavy atom. The first kappa shape index (κ1) is 81.8. The van der Waals surface area contributed by atoms with Crippen LogP contribution in [0.5, 0.6) is 34.5 Å². The highest BCUT2D eigenvalue weighted by molar-refractivity contribution is 7.89. The molecule has 0 aliphatic heterocycles. The Bertz CT molecular complexity index is 5070. The van der Waals surface area contributed by atoms with Crippen LogP contribution >= 0.6 is 23.2 Å². The number of alkyl halides is 1. The van der Waals surface area contributed by atoms with E-state index in [-0.39, 0.29) is 42.3 Å². The number of carbonyl (C=O) groups excluding carboxylic acids is 2. The van der Waals surface area contributed by atoms with Crippen LogP contribution < -0.4 is 28.4 Å². The van der Waals surface area contributed by atoms with Crippen molar-refractivity contribution in [2.45, 2.75) is 69.0 Å². The Balaban J connectivity index is 0.000000177. The molecule has 17 nitrogen and oxygen atoms in total. The number of amides is 2. The van der Waals surface area contributed by atoms with Crippen molar-refractivity contribution in [1.82, 2.24) is 34.0 Å². The molecule has 1 atom stereocenters. The van der Waals surface area contributed by atoms with Gasteiger partial charge in [-0.05, 0) is 124 Å². The zero-order valence-corrected chi connectivity index (χ0v) is 63.1. The Morgan fingerprint density at radius 3 is 1.17 bits per heavy atom. The number of benzene rings is 8. The van der Waals surface area contributed by atoms with Crippen molar-refractivity contribution in [3.63, 3.8) is 0 Å². The molecule has 12 rings (SSSR count). The van der Waals surface area contributed by atoms with Gasteiger partial charge in [0.1, 0.15) is 36.0 Å². The van der Waals surface area contributed by atoms with Gasteiger partial charge in [0.15, 0.2) is 62.7 Å². The first-order valence-corrected chi connectivity index (χ1v) is 37.3. The molecule has 0 saturated carbocycles. The maximum Gasteiger partial charge on any atom is 0.272 e. The van der Waals surface area contributed by atoms with E-state index in [9.17, 15) is 40.0 Å². The molecule has 0 aliphatic rings. The minimum atomic E-state index is -5.23. The van der Waals surface area contributed by atoms with E-state index in [1.54, 1.807) is 72.8 Å². The second-order valence-electron chi connectivity index (χ2n) is 24.8. The smallest absolute Gasteiger partial charge is 0.272 e. The van der Waals surface area contributed by atoms with Crippen LogP contribution in [0.4, 0.5) is 22.0 Å². The van der Waals surface area contributed by atoms with Gasteiger partial charge in [0.25, 0.3) is 5.91 Å². The highest BCUT2D eigenvalue weighted by Crippen LogP contribution is 2.36. The number of carbonyl (C=O) groups is 2. The van der Waals surface area contributed by atoms with Gasteiger partial charge in [-0.1, -0.05) is 175 Å². The zero-order valence-electron chi connectivity index (χ0n) is 60.7. The molecule has 0 saturated heterocycles. The summed E-state index contributed by atoms with van der Waals surface area (Å²) < 4.78 is 132. The van der Waals surface area contributed by atoms with Crippen molar-refractivity contribution < 1.29 is 68.4 Å². The molecule has 0 spiro atoms. The molecule has 4 heterocycles. The van der Waals surface area contributed by atoms with Gasteiger partial charge in [-0.15, -0.1) is 11.6 Å². The summed E-state index contributed by atoms with van der Waals surface area (Å²) in [5, 5.41) is -0.493. The fraction of sp³-hybridized carbons (Fsp3) is 0.186. The summed E-state index contributed by atoms with van der Waals surface area (Å²) in [5.74, 6) is -9.31. The number of aromatic nitrogens is 4. The average molecular weight is 1570 g/mol. The highest BCUT2D eigenvalue weighted by atomic mass is 35.5. The Morgan fingerprint density at radius 1 is 0.405 bits per heavy atom. The lowest BCUT2D eigenvalue weighted by molar-refractivity contribution is -0.131. The van der Waals surface area contributed by atoms with Gasteiger partial charge >= 0.3 is 0 Å². The minimum absolute atomic E-state index is 0.00906. The summed E-state index contributed by atoms with van der Waals surface area (Å²) in [6.45, 7) is 1.95. The summed E-state index contributed by atoms with van der Waals surface area (Å²) in [6.07, 6.45) is 6.21. The van der Waals surface area contributed by atoms with E-state index < -0.39 is 55.9 Å². The second-order valence-corrected chi connectivity index (χ2v) is 27.5. The predicted octanol–water partition coefficient (Wildman–Crippen LogP) is 17.6. The highest BCUT2D eigenvalue weighted by Gasteiger charge is 2.38. The lowest BCUT2D eigenvalue weighted by Crippen LogP contribution is -2.35. The summed E-state index contributed by atoms with van der Waals surface area (Å²) in [7, 11) is -0.638. The van der Waals surface area contributed by atoms with Crippen LogP contribution in [-0.2, 0) is 73.5 Å². The quantitative estimate of drug-likeness (QED) is 0.0127. The topological polar surface area (TPSA) is 185 Å². The van der Waals surface area contributed by atoms with Gasteiger partial charge in [-0.3, -0.25) is 24.5 Å². The van der Waals surface area contributed by atoms with Gasteiger partial charge in [0.05, 0.1) is 21.3 Å². The summed E-state index contributed by atoms with van der Waals surface area (Å²) >= 11 is 12.7. The van der Waals surface area contributed by atoms with E-state index >= 15 is 0 Å². The van der Waals surface area contributed by atoms with Gasteiger partial charge in [0, 0.05) is 94.2 Å². The maximum atomic E-state index is 14.6. The number of pyridine rings is 4. The van der Waals surface area contributed by atoms with Crippen LogP contribution in [0.2, 0.25) is 5.15 Å². The number of ether oxygens (including phenoxy) is 6. The molecule has 0 radical (unpaired) electrons. The van der Waals surface area contributed by atoms with Crippen LogP contribution in [0.3, 0.4) is 0 Å². The molecule has 0 N–H and O–H groups in total. The maximum absolute atomic E-state index is 14.6. The number of hydrogen-bond donors (Lipinski definition) is 0. The lowest BCUT2D eigenvalue weighted by Gasteiger charge is -2.26. The molecular weight excluding hydrogens is 1490 g/mol. The third-order valence-electron chi connectivity index (χ3n) is 17.2. The molecule has 0 fully saturated rings. The molecule has 572 valence electrons. The van der Waals surface area contributed by atoms with Gasteiger partial charge in [-0.2, -0.15) is 4.31 Å². The molecule has 8 aromatic carbocycles. The SMILES string of the molecule is COc1cc(CN(CCc2ccccn2)C(=O)C(Cl)c2ccccc2)ccc1OCc1ccccc1.COc1cc(CN(CCc2ccccn2)C(=O)c2cccc(Cl)n2)ccc1OCc1ccccc1.COc1cc(CN(CCc2ccccn2)S(=O)(=O)c2c(F)c(F)c(F)c(F)c2F)ccc1OCc1ccccc1. The molecule has 1 unspecified atom stereocenters. The molecule has 12 aromatic rings. The van der Waals surface area contributed by atoms with Gasteiger partial charge in [-0.25, -0.2) is 35.4 Å². The lowest BCUT2D eigenvalue weighted by atomic mass is 10.1. The van der Waals surface area contributed by atoms with E-state index in [4.69, 9.17) is 51.6 Å². The van der Waals surface area contributed by atoms with Gasteiger partial charge in [0.2, 0.25) is 21.7 Å². The van der Waals surface area contributed by atoms with Crippen molar-refractivity contribution in [1.29, 1.82) is 0 Å². The van der Waals surface area contributed by atoms with Crippen LogP contribution in [0.15, 0.2) is 272 Å². The van der Waals surface area contributed by atoms with E-state index in [1.807, 2.05) is 194 Å². The van der Waals surface area contributed by atoms with Crippen LogP contribution in [-0.4, -0.2) is 95.2 Å². The first-order valence-electron chi connectivity index (χ1n) is 35.0. The van der Waals surface area contributed by atoms with Crippen molar-refractivity contribution in [3.8, 4) is 34.5 Å². The molecule has 25 heteroatoms. The average Bonchev–Trinajstić information content (AvgIpc) is 0.755. The molecule has 0 aliphatic carbocycles. The van der Waals surface area contributed by atoms with Crippen molar-refractivity contribution in [2.75, 3.05) is 41.0 Å². The van der Waals surface area contributed by atoms with Crippen LogP contribution in [0.25, 0.3) is 0 Å². The molecule has 4 aromatic heterocycles. The standard InChI is InChI=1S/C30H29ClN2O3.C28H26ClN3O3.C28H23F5N2O4S/c1-35-28-20-24(15-16-27(28)36-22-23-10-4-2-5-11-23)21-33(19-17-26-14-8-9-18-32-26)30(34)29(31)25-12-6-3-7-13-25;1-34-26-18-22(13-14-25(26)35-20-21-8-3-2-4-9-21)19-32(17-15-23-10-5-6-16-30-23)28(33)24-11-7-12-27(29)31-24;1-38-22-15-19(10-11-21(22)39-17-18-7-3-2-4-8-18)16-35(14-12-20-9-5-6-13-34-20)40(36,37)28-26(32)24(30)23(29)25(31)27(28)33/h2-16,18,20,29H,17,19,21-22H2,1H3;2-14,16,18H,15,17,19-20H2,1H3;2-11,13,15H,12,14,16-17H2,1H3. The fourth-order valence-corrected chi connectivity index (χ4v) is 13.4. The number of hydrogen-bond acceptors (Lipinski definition) is 14. The fourth-order valence-electron chi connectivity index (χ4n) is 11.4. The second kappa shape index (κ2) is 41.2. The third kappa shape index (κ3) is 23.4. The molecular formula is C86H78Cl2F5N7O10S. The minimum Gasteiger partial charge on any atom is -0.493 e. The normalized spacial score (nSPS) is 11.2. The Labute approximate surface area is 651 Å². The number of methoxy groups -OCH3 is 3. The predicted molar refractivity (Wildman–Crippen MR) is 413 cm³/mol. The third-order valence-corrected chi connectivity index (χ3v) is 19.7. The van der Waals surface area contributed by atoms with E-state index in [0.29, 0.717) is 102 Å². The Hall–Kier alpha value is -11.8. The van der Waals surface area contributed by atoms with Crippen molar-refractivity contribution >= 4 is 45.0 Å². The van der Waals surface area contributed by atoms with Crippen molar-refractivity contribution in [3.05, 3.63) is 363 Å². The van der Waals surface area contributed by atoms with Crippen LogP contribution in [0, 0.1) is 29.1 Å². The van der Waals surface area contributed by atoms with Crippen molar-refractivity contribution in [2.24, 2.45) is 0 Å². The number of rotatable bonds is 32. The largest absolute Gasteiger partial charge is 0.493 e. The molecule has 2 amide bonds. The van der Waals surface area contributed by atoms with Crippen LogP contribution in [0.1, 0.15) is 71.9 Å². The number of halogens is 7. The Kier molecular flexibility index (Phi) is 30.3.